The number of carbonyl (C=O) groups is 3. The van der Waals surface area contributed by atoms with Gasteiger partial charge in [-0.2, -0.15) is 0 Å². The predicted octanol–water partition coefficient (Wildman–Crippen LogP) is 23.4. The van der Waals surface area contributed by atoms with Crippen LogP contribution in [0.1, 0.15) is 323 Å². The average Bonchev–Trinajstić information content (AvgIpc) is 3.46. The van der Waals surface area contributed by atoms with Crippen LogP contribution in [0, 0.1) is 0 Å². The smallest absolute Gasteiger partial charge is 0.306 e. The van der Waals surface area contributed by atoms with Crippen molar-refractivity contribution < 1.29 is 28.6 Å². The van der Waals surface area contributed by atoms with Gasteiger partial charge in [-0.05, 0) is 122 Å². The summed E-state index contributed by atoms with van der Waals surface area (Å²) in [6.45, 7) is 6.47. The molecule has 0 saturated heterocycles. The minimum atomic E-state index is -0.797. The molecule has 1 unspecified atom stereocenters. The fourth-order valence-corrected chi connectivity index (χ4v) is 9.40. The largest absolute Gasteiger partial charge is 0.462 e. The van der Waals surface area contributed by atoms with Gasteiger partial charge in [-0.3, -0.25) is 14.4 Å². The topological polar surface area (TPSA) is 78.9 Å². The third kappa shape index (κ3) is 64.9. The maximum Gasteiger partial charge on any atom is 0.306 e. The molecule has 6 heteroatoms. The van der Waals surface area contributed by atoms with Crippen LogP contribution in [0.5, 0.6) is 0 Å². The lowest BCUT2D eigenvalue weighted by molar-refractivity contribution is -0.167. The van der Waals surface area contributed by atoms with Gasteiger partial charge in [-0.25, -0.2) is 0 Å². The summed E-state index contributed by atoms with van der Waals surface area (Å²) >= 11 is 0. The second-order valence-corrected chi connectivity index (χ2v) is 22.3. The summed E-state index contributed by atoms with van der Waals surface area (Å²) in [6, 6.07) is 0. The molecule has 0 aromatic carbocycles. The molecule has 0 saturated carbocycles. The van der Waals surface area contributed by atoms with E-state index < -0.39 is 6.10 Å². The molecule has 0 radical (unpaired) electrons. The van der Waals surface area contributed by atoms with Crippen molar-refractivity contribution in [2.45, 2.75) is 329 Å². The van der Waals surface area contributed by atoms with E-state index in [4.69, 9.17) is 14.2 Å². The number of hydrogen-bond acceptors (Lipinski definition) is 6. The van der Waals surface area contributed by atoms with E-state index in [0.717, 1.165) is 141 Å². The van der Waals surface area contributed by atoms with Crippen molar-refractivity contribution in [3.05, 3.63) is 109 Å². The number of unbranched alkanes of at least 4 members (excludes halogenated alkanes) is 32. The first-order valence-electron chi connectivity index (χ1n) is 33.9. The van der Waals surface area contributed by atoms with E-state index in [1.54, 1.807) is 0 Å². The van der Waals surface area contributed by atoms with Gasteiger partial charge in [0, 0.05) is 19.3 Å². The first-order valence-corrected chi connectivity index (χ1v) is 33.9. The Bertz CT molecular complexity index is 1610. The van der Waals surface area contributed by atoms with Crippen molar-refractivity contribution in [2.75, 3.05) is 13.2 Å². The average molecular weight is 1110 g/mol. The van der Waals surface area contributed by atoms with E-state index in [9.17, 15) is 14.4 Å². The molecule has 0 aromatic rings. The summed E-state index contributed by atoms with van der Waals surface area (Å²) in [5.41, 5.74) is 0. The van der Waals surface area contributed by atoms with Gasteiger partial charge in [0.2, 0.25) is 0 Å². The van der Waals surface area contributed by atoms with Crippen LogP contribution in [0.4, 0.5) is 0 Å². The number of carbonyl (C=O) groups excluding carboxylic acids is 3. The van der Waals surface area contributed by atoms with E-state index in [1.165, 1.54) is 141 Å². The zero-order valence-electron chi connectivity index (χ0n) is 52.6. The molecular weight excluding hydrogens is 985 g/mol. The monoisotopic (exact) mass is 1110 g/mol. The zero-order chi connectivity index (χ0) is 57.8. The molecule has 0 rings (SSSR count). The van der Waals surface area contributed by atoms with Crippen LogP contribution in [0.25, 0.3) is 0 Å². The summed E-state index contributed by atoms with van der Waals surface area (Å²) in [7, 11) is 0. The highest BCUT2D eigenvalue weighted by atomic mass is 16.6. The van der Waals surface area contributed by atoms with Gasteiger partial charge >= 0.3 is 17.9 Å². The first-order chi connectivity index (χ1) is 39.5. The Hall–Kier alpha value is -3.93. The molecule has 0 aliphatic heterocycles. The van der Waals surface area contributed by atoms with E-state index in [-0.39, 0.29) is 31.1 Å². The Morgan fingerprint density at radius 3 is 0.800 bits per heavy atom. The number of esters is 3. The molecule has 0 heterocycles. The molecule has 0 N–H and O–H groups in total. The van der Waals surface area contributed by atoms with Crippen molar-refractivity contribution in [3.63, 3.8) is 0 Å². The van der Waals surface area contributed by atoms with E-state index in [0.29, 0.717) is 19.3 Å². The summed E-state index contributed by atoms with van der Waals surface area (Å²) < 4.78 is 16.9. The summed E-state index contributed by atoms with van der Waals surface area (Å²) in [5, 5.41) is 0. The van der Waals surface area contributed by atoms with Crippen LogP contribution in [-0.2, 0) is 28.6 Å². The fraction of sp³-hybridized carbons (Fsp3) is 0.716. The Morgan fingerprint density at radius 2 is 0.500 bits per heavy atom. The first kappa shape index (κ1) is 76.1. The van der Waals surface area contributed by atoms with Crippen molar-refractivity contribution >= 4 is 17.9 Å². The van der Waals surface area contributed by atoms with Gasteiger partial charge in [-0.1, -0.05) is 291 Å². The standard InChI is InChI=1S/C74H126O6/c1-4-7-10-13-16-19-22-25-28-30-32-34-35-36-37-38-39-41-42-44-46-49-52-55-58-61-64-67-73(76)79-70-71(69-78-72(75)66-63-60-57-54-51-48-27-24-21-18-15-12-9-6-3)80-74(77)68-65-62-59-56-53-50-47-45-43-40-33-31-29-26-23-20-17-14-11-8-5-2/h8,11,15,17-18,20,22,24-27,29-30,32-33,40,45,47,71H,4-7,9-10,12-14,16,19,21,23,28,31,34-39,41-44,46,48-70H2,1-3H3/b11-8-,18-15-,20-17-,25-22-,27-24-,29-26-,32-30-,40-33-,47-45-. The number of rotatable bonds is 61. The Morgan fingerprint density at radius 1 is 0.263 bits per heavy atom. The van der Waals surface area contributed by atoms with E-state index in [2.05, 4.69) is 130 Å². The molecule has 1 atom stereocenters. The van der Waals surface area contributed by atoms with Crippen molar-refractivity contribution in [3.8, 4) is 0 Å². The highest BCUT2D eigenvalue weighted by Gasteiger charge is 2.19. The molecule has 0 fully saturated rings. The highest BCUT2D eigenvalue weighted by Crippen LogP contribution is 2.16. The molecule has 0 spiro atoms. The zero-order valence-corrected chi connectivity index (χ0v) is 52.6. The van der Waals surface area contributed by atoms with Crippen LogP contribution in [0.2, 0.25) is 0 Å². The molecule has 0 aliphatic carbocycles. The Kier molecular flexibility index (Phi) is 64.3. The number of ether oxygens (including phenoxy) is 3. The summed E-state index contributed by atoms with van der Waals surface area (Å²) in [5.74, 6) is -0.914. The van der Waals surface area contributed by atoms with Gasteiger partial charge in [-0.15, -0.1) is 0 Å². The van der Waals surface area contributed by atoms with Crippen molar-refractivity contribution in [1.82, 2.24) is 0 Å². The molecule has 0 aromatic heterocycles. The second-order valence-electron chi connectivity index (χ2n) is 22.3. The minimum absolute atomic E-state index is 0.0904. The summed E-state index contributed by atoms with van der Waals surface area (Å²) in [6.07, 6.45) is 92.5. The Labute approximate surface area is 495 Å². The fourth-order valence-electron chi connectivity index (χ4n) is 9.40. The molecule has 80 heavy (non-hydrogen) atoms. The van der Waals surface area contributed by atoms with Gasteiger partial charge in [0.25, 0.3) is 0 Å². The van der Waals surface area contributed by atoms with Gasteiger partial charge in [0.15, 0.2) is 6.10 Å². The van der Waals surface area contributed by atoms with Gasteiger partial charge in [0.05, 0.1) is 0 Å². The molecule has 0 bridgehead atoms. The third-order valence-electron chi connectivity index (χ3n) is 14.5. The van der Waals surface area contributed by atoms with Gasteiger partial charge in [0.1, 0.15) is 13.2 Å². The molecule has 0 aliphatic rings. The van der Waals surface area contributed by atoms with Crippen LogP contribution in [0.3, 0.4) is 0 Å². The van der Waals surface area contributed by atoms with Crippen LogP contribution in [0.15, 0.2) is 109 Å². The van der Waals surface area contributed by atoms with Crippen LogP contribution in [-0.4, -0.2) is 37.2 Å². The number of allylic oxidation sites excluding steroid dienone is 18. The summed E-state index contributed by atoms with van der Waals surface area (Å²) in [4.78, 5) is 38.4. The van der Waals surface area contributed by atoms with Crippen molar-refractivity contribution in [1.29, 1.82) is 0 Å². The lowest BCUT2D eigenvalue weighted by Crippen LogP contribution is -2.30. The lowest BCUT2D eigenvalue weighted by atomic mass is 10.0. The molecule has 458 valence electrons. The SMILES string of the molecule is CC/C=C\C/C=C\C/C=C\C/C=C\C/C=C\CCCCCCCC(=O)OC(COC(=O)CCCCCCC/C=C\C/C=C\CCCC)COC(=O)CCCCCCCCCCCCCCCCC/C=C\C/C=C\CCCCCCC. The lowest BCUT2D eigenvalue weighted by Gasteiger charge is -2.18. The minimum Gasteiger partial charge on any atom is -0.462 e. The van der Waals surface area contributed by atoms with Crippen LogP contribution < -0.4 is 0 Å². The van der Waals surface area contributed by atoms with Crippen molar-refractivity contribution in [2.24, 2.45) is 0 Å². The second kappa shape index (κ2) is 67.6. The molecule has 0 amide bonds. The maximum atomic E-state index is 12.9. The van der Waals surface area contributed by atoms with Crippen LogP contribution >= 0.6 is 0 Å². The van der Waals surface area contributed by atoms with Gasteiger partial charge < -0.3 is 14.2 Å². The molecule has 6 nitrogen and oxygen atoms in total. The van der Waals surface area contributed by atoms with E-state index in [1.807, 2.05) is 0 Å². The Balaban J connectivity index is 4.34. The highest BCUT2D eigenvalue weighted by molar-refractivity contribution is 5.71. The predicted molar refractivity (Wildman–Crippen MR) is 348 cm³/mol. The third-order valence-corrected chi connectivity index (χ3v) is 14.5. The molecular formula is C74H126O6. The normalized spacial score (nSPS) is 12.8. The van der Waals surface area contributed by atoms with E-state index >= 15 is 0 Å². The maximum absolute atomic E-state index is 12.9. The number of hydrogen-bond donors (Lipinski definition) is 0. The quantitative estimate of drug-likeness (QED) is 0.0261.